The number of carbonyl (C=O) groups is 1. The van der Waals surface area contributed by atoms with Crippen molar-refractivity contribution >= 4 is 23.5 Å². The molecule has 0 saturated carbocycles. The molecule has 1 atom stereocenters. The Morgan fingerprint density at radius 2 is 2.07 bits per heavy atom. The smallest absolute Gasteiger partial charge is 0.176 e. The average molecular weight is 381 g/mol. The van der Waals surface area contributed by atoms with Crippen molar-refractivity contribution in [3.8, 4) is 16.9 Å². The maximum Gasteiger partial charge on any atom is 0.176 e. The monoisotopic (exact) mass is 380 g/mol. The number of aromatic nitrogens is 1. The first kappa shape index (κ1) is 17.0. The van der Waals surface area contributed by atoms with E-state index in [-0.39, 0.29) is 11.7 Å². The number of rotatable bonds is 3. The predicted octanol–water partition coefficient (Wildman–Crippen LogP) is 3.84. The Labute approximate surface area is 163 Å². The number of ether oxygens (including phenoxy) is 1. The standard InChI is InChI=1S/C22H21ClN2O2/c23-15-10-14-11-20(21(26)13-4-7-24-8-5-13)27-22(14)18(12-15)16-6-9-25-19-3-1-2-17(16)19/h1-2,6,9-10,12-13,20,24H,3-5,7-8,11H2. The molecule has 0 spiro atoms. The molecule has 138 valence electrons. The maximum absolute atomic E-state index is 13.0. The fourth-order valence-electron chi connectivity index (χ4n) is 4.44. The van der Waals surface area contributed by atoms with Crippen molar-refractivity contribution in [1.82, 2.24) is 10.3 Å². The van der Waals surface area contributed by atoms with Crippen LogP contribution in [0.15, 0.2) is 30.5 Å². The molecule has 5 heteroatoms. The van der Waals surface area contributed by atoms with Gasteiger partial charge in [-0.1, -0.05) is 23.8 Å². The summed E-state index contributed by atoms with van der Waals surface area (Å²) in [5, 5.41) is 3.99. The number of piperidine rings is 1. The SMILES string of the molecule is O=C(C1CCNCC1)C1Cc2cc(Cl)cc(-c3ccnc4c3C=CC4)c2O1. The highest BCUT2D eigenvalue weighted by atomic mass is 35.5. The number of nitrogens with zero attached hydrogens (tertiary/aromatic N) is 1. The molecule has 1 aromatic carbocycles. The van der Waals surface area contributed by atoms with Gasteiger partial charge in [0, 0.05) is 46.7 Å². The highest BCUT2D eigenvalue weighted by molar-refractivity contribution is 6.31. The zero-order chi connectivity index (χ0) is 18.4. The lowest BCUT2D eigenvalue weighted by molar-refractivity contribution is -0.129. The van der Waals surface area contributed by atoms with Crippen LogP contribution >= 0.6 is 11.6 Å². The van der Waals surface area contributed by atoms with E-state index in [1.807, 2.05) is 24.4 Å². The molecule has 1 aromatic heterocycles. The molecule has 5 rings (SSSR count). The Kier molecular flexibility index (Phi) is 4.25. The Morgan fingerprint density at radius 3 is 2.93 bits per heavy atom. The summed E-state index contributed by atoms with van der Waals surface area (Å²) in [4.78, 5) is 17.5. The first-order valence-corrected chi connectivity index (χ1v) is 9.97. The third-order valence-electron chi connectivity index (χ3n) is 5.81. The van der Waals surface area contributed by atoms with Crippen LogP contribution in [0.4, 0.5) is 0 Å². The van der Waals surface area contributed by atoms with Gasteiger partial charge in [-0.3, -0.25) is 9.78 Å². The molecule has 0 bridgehead atoms. The van der Waals surface area contributed by atoms with Crippen LogP contribution in [0.5, 0.6) is 5.75 Å². The van der Waals surface area contributed by atoms with Crippen molar-refractivity contribution in [2.45, 2.75) is 31.8 Å². The van der Waals surface area contributed by atoms with Crippen molar-refractivity contribution < 1.29 is 9.53 Å². The average Bonchev–Trinajstić information content (AvgIpc) is 3.34. The molecule has 3 aliphatic rings. The summed E-state index contributed by atoms with van der Waals surface area (Å²) in [7, 11) is 0. The summed E-state index contributed by atoms with van der Waals surface area (Å²) in [5.41, 5.74) is 5.25. The quantitative estimate of drug-likeness (QED) is 0.878. The Balaban J connectivity index is 1.51. The fraction of sp³-hybridized carbons (Fsp3) is 0.364. The van der Waals surface area contributed by atoms with Gasteiger partial charge in [0.15, 0.2) is 11.9 Å². The number of ketones is 1. The first-order valence-electron chi connectivity index (χ1n) is 9.59. The van der Waals surface area contributed by atoms with Crippen LogP contribution in [-0.4, -0.2) is 30.0 Å². The molecule has 1 unspecified atom stereocenters. The number of carbonyl (C=O) groups excluding carboxylic acids is 1. The molecule has 0 amide bonds. The van der Waals surface area contributed by atoms with Gasteiger partial charge >= 0.3 is 0 Å². The summed E-state index contributed by atoms with van der Waals surface area (Å²) in [6.45, 7) is 1.81. The second-order valence-electron chi connectivity index (χ2n) is 7.50. The van der Waals surface area contributed by atoms with E-state index in [9.17, 15) is 4.79 Å². The van der Waals surface area contributed by atoms with E-state index >= 15 is 0 Å². The molecular formula is C22H21ClN2O2. The number of Topliss-reactive ketones (excluding diaryl/α,β-unsaturated/α-hetero) is 1. The van der Waals surface area contributed by atoms with Gasteiger partial charge < -0.3 is 10.1 Å². The minimum Gasteiger partial charge on any atom is -0.481 e. The summed E-state index contributed by atoms with van der Waals surface area (Å²) >= 11 is 6.42. The van der Waals surface area contributed by atoms with Crippen LogP contribution in [0.25, 0.3) is 17.2 Å². The zero-order valence-corrected chi connectivity index (χ0v) is 15.8. The highest BCUT2D eigenvalue weighted by Crippen LogP contribution is 2.44. The highest BCUT2D eigenvalue weighted by Gasteiger charge is 2.36. The zero-order valence-electron chi connectivity index (χ0n) is 15.0. The minimum absolute atomic E-state index is 0.0950. The van der Waals surface area contributed by atoms with E-state index in [0.717, 1.165) is 66.0 Å². The Hall–Kier alpha value is -2.17. The van der Waals surface area contributed by atoms with E-state index < -0.39 is 6.10 Å². The van der Waals surface area contributed by atoms with Gasteiger partial charge in [0.2, 0.25) is 0 Å². The number of hydrogen-bond donors (Lipinski definition) is 1. The minimum atomic E-state index is -0.397. The van der Waals surface area contributed by atoms with Gasteiger partial charge in [-0.2, -0.15) is 0 Å². The van der Waals surface area contributed by atoms with Gasteiger partial charge in [0.1, 0.15) is 5.75 Å². The number of benzene rings is 1. The van der Waals surface area contributed by atoms with Crippen LogP contribution in [0.3, 0.4) is 0 Å². The number of pyridine rings is 1. The normalized spacial score (nSPS) is 21.0. The lowest BCUT2D eigenvalue weighted by Crippen LogP contribution is -2.38. The van der Waals surface area contributed by atoms with Gasteiger partial charge in [-0.15, -0.1) is 0 Å². The largest absolute Gasteiger partial charge is 0.481 e. The third kappa shape index (κ3) is 2.97. The third-order valence-corrected chi connectivity index (χ3v) is 6.03. The van der Waals surface area contributed by atoms with Crippen molar-refractivity contribution in [2.75, 3.05) is 13.1 Å². The molecule has 1 saturated heterocycles. The second kappa shape index (κ2) is 6.77. The summed E-state index contributed by atoms with van der Waals surface area (Å²) in [5.74, 6) is 1.13. The van der Waals surface area contributed by atoms with Crippen molar-refractivity contribution in [2.24, 2.45) is 5.92 Å². The van der Waals surface area contributed by atoms with Crippen LogP contribution in [0, 0.1) is 5.92 Å². The Bertz CT molecular complexity index is 948. The van der Waals surface area contributed by atoms with E-state index in [1.165, 1.54) is 0 Å². The molecule has 2 aromatic rings. The molecule has 27 heavy (non-hydrogen) atoms. The number of hydrogen-bond acceptors (Lipinski definition) is 4. The molecule has 1 N–H and O–H groups in total. The van der Waals surface area contributed by atoms with Gasteiger partial charge in [0.05, 0.1) is 5.69 Å². The lowest BCUT2D eigenvalue weighted by atomic mass is 9.89. The molecular weight excluding hydrogens is 360 g/mol. The van der Waals surface area contributed by atoms with E-state index in [1.54, 1.807) is 0 Å². The fourth-order valence-corrected chi connectivity index (χ4v) is 4.68. The predicted molar refractivity (Wildman–Crippen MR) is 106 cm³/mol. The van der Waals surface area contributed by atoms with Crippen molar-refractivity contribution in [3.63, 3.8) is 0 Å². The van der Waals surface area contributed by atoms with E-state index in [4.69, 9.17) is 16.3 Å². The van der Waals surface area contributed by atoms with Gasteiger partial charge in [0.25, 0.3) is 0 Å². The van der Waals surface area contributed by atoms with Crippen molar-refractivity contribution in [3.05, 3.63) is 52.3 Å². The number of allylic oxidation sites excluding steroid dienone is 1. The summed E-state index contributed by atoms with van der Waals surface area (Å²) in [6.07, 6.45) is 8.91. The second-order valence-corrected chi connectivity index (χ2v) is 7.94. The molecule has 4 nitrogen and oxygen atoms in total. The number of nitrogens with one attached hydrogen (secondary N) is 1. The number of fused-ring (bicyclic) bond motifs is 2. The van der Waals surface area contributed by atoms with Gasteiger partial charge in [-0.05, 0) is 49.7 Å². The summed E-state index contributed by atoms with van der Waals surface area (Å²) in [6, 6.07) is 5.89. The Morgan fingerprint density at radius 1 is 1.22 bits per heavy atom. The van der Waals surface area contributed by atoms with Crippen LogP contribution in [-0.2, 0) is 17.6 Å². The first-order chi connectivity index (χ1) is 13.2. The summed E-state index contributed by atoms with van der Waals surface area (Å²) < 4.78 is 6.25. The van der Waals surface area contributed by atoms with Gasteiger partial charge in [-0.25, -0.2) is 0 Å². The van der Waals surface area contributed by atoms with E-state index in [0.29, 0.717) is 11.4 Å². The van der Waals surface area contributed by atoms with Crippen LogP contribution < -0.4 is 10.1 Å². The topological polar surface area (TPSA) is 51.2 Å². The van der Waals surface area contributed by atoms with Crippen LogP contribution in [0.1, 0.15) is 29.7 Å². The van der Waals surface area contributed by atoms with Crippen LogP contribution in [0.2, 0.25) is 5.02 Å². The molecule has 1 aliphatic carbocycles. The van der Waals surface area contributed by atoms with E-state index in [2.05, 4.69) is 22.5 Å². The molecule has 3 heterocycles. The molecule has 2 aliphatic heterocycles. The lowest BCUT2D eigenvalue weighted by Gasteiger charge is -2.24. The number of halogens is 1. The molecule has 1 fully saturated rings. The molecule has 0 radical (unpaired) electrons. The van der Waals surface area contributed by atoms with Crippen molar-refractivity contribution in [1.29, 1.82) is 0 Å². The maximum atomic E-state index is 13.0.